The Morgan fingerprint density at radius 3 is 1.79 bits per heavy atom. The summed E-state index contributed by atoms with van der Waals surface area (Å²) >= 11 is 0. The molecule has 0 heterocycles. The summed E-state index contributed by atoms with van der Waals surface area (Å²) in [6, 6.07) is 0. The lowest BCUT2D eigenvalue weighted by molar-refractivity contribution is -0.358. The molecule has 0 aromatic carbocycles. The zero-order valence-electron chi connectivity index (χ0n) is 14.1. The van der Waals surface area contributed by atoms with Gasteiger partial charge < -0.3 is 0 Å². The van der Waals surface area contributed by atoms with Crippen molar-refractivity contribution < 1.29 is 26.7 Å². The number of rotatable bonds is 2. The predicted octanol–water partition coefficient (Wildman–Crippen LogP) is 5.83. The molecule has 0 radical (unpaired) electrons. The largest absolute Gasteiger partial charge is 0.522 e. The highest BCUT2D eigenvalue weighted by Crippen LogP contribution is 2.49. The molecule has 6 unspecified atom stereocenters. The van der Waals surface area contributed by atoms with Gasteiger partial charge in [-0.3, -0.25) is 4.74 Å². The Hall–Kier alpha value is -0.390. The molecule has 0 aromatic heterocycles. The van der Waals surface area contributed by atoms with Gasteiger partial charge in [0.05, 0.1) is 0 Å². The number of fused-ring (bicyclic) bond motifs is 1. The summed E-state index contributed by atoms with van der Waals surface area (Å²) in [7, 11) is 0. The van der Waals surface area contributed by atoms with Gasteiger partial charge >= 0.3 is 6.36 Å². The normalized spacial score (nSPS) is 47.2. The van der Waals surface area contributed by atoms with E-state index in [1.807, 2.05) is 0 Å². The number of alkyl halides is 5. The average molecular weight is 354 g/mol. The van der Waals surface area contributed by atoms with Gasteiger partial charge in [-0.1, -0.05) is 13.3 Å². The third-order valence-corrected chi connectivity index (χ3v) is 6.62. The summed E-state index contributed by atoms with van der Waals surface area (Å²) < 4.78 is 68.9. The number of halogens is 5. The SMILES string of the molecule is CC1CCC2CC(C3CC(F)C(OC(F)(F)F)C(F)C3)CCC2C1. The van der Waals surface area contributed by atoms with Gasteiger partial charge in [-0.25, -0.2) is 8.78 Å². The monoisotopic (exact) mass is 354 g/mol. The van der Waals surface area contributed by atoms with Crippen LogP contribution in [0.4, 0.5) is 22.0 Å². The quantitative estimate of drug-likeness (QED) is 0.567. The lowest BCUT2D eigenvalue weighted by atomic mass is 9.61. The van der Waals surface area contributed by atoms with Crippen LogP contribution in [0.15, 0.2) is 0 Å². The van der Waals surface area contributed by atoms with Crippen LogP contribution >= 0.6 is 0 Å². The molecule has 3 fully saturated rings. The van der Waals surface area contributed by atoms with E-state index in [9.17, 15) is 22.0 Å². The van der Waals surface area contributed by atoms with Gasteiger partial charge in [0.15, 0.2) is 0 Å². The minimum atomic E-state index is -4.98. The van der Waals surface area contributed by atoms with Crippen LogP contribution in [0.2, 0.25) is 0 Å². The molecule has 24 heavy (non-hydrogen) atoms. The molecule has 1 nitrogen and oxygen atoms in total. The fraction of sp³-hybridized carbons (Fsp3) is 1.00. The first-order valence-corrected chi connectivity index (χ1v) is 9.25. The molecular weight excluding hydrogens is 327 g/mol. The molecular formula is C18H27F5O. The van der Waals surface area contributed by atoms with Crippen molar-refractivity contribution in [1.82, 2.24) is 0 Å². The summed E-state index contributed by atoms with van der Waals surface area (Å²) in [5.41, 5.74) is 0. The highest BCUT2D eigenvalue weighted by molar-refractivity contribution is 4.94. The Morgan fingerprint density at radius 1 is 0.708 bits per heavy atom. The van der Waals surface area contributed by atoms with Crippen molar-refractivity contribution in [3.8, 4) is 0 Å². The van der Waals surface area contributed by atoms with E-state index in [-0.39, 0.29) is 24.7 Å². The molecule has 0 spiro atoms. The van der Waals surface area contributed by atoms with Crippen LogP contribution in [0.5, 0.6) is 0 Å². The first kappa shape index (κ1) is 18.4. The smallest absolute Gasteiger partial charge is 0.282 e. The van der Waals surface area contributed by atoms with E-state index in [2.05, 4.69) is 11.7 Å². The Kier molecular flexibility index (Phi) is 5.43. The van der Waals surface area contributed by atoms with Crippen LogP contribution in [0.1, 0.15) is 58.3 Å². The summed E-state index contributed by atoms with van der Waals surface area (Å²) in [5, 5.41) is 0. The minimum absolute atomic E-state index is 0.000374. The van der Waals surface area contributed by atoms with Crippen molar-refractivity contribution in [2.24, 2.45) is 29.6 Å². The second-order valence-electron chi connectivity index (χ2n) is 8.30. The fourth-order valence-electron chi connectivity index (χ4n) is 5.44. The summed E-state index contributed by atoms with van der Waals surface area (Å²) in [5.74, 6) is 2.24. The second kappa shape index (κ2) is 7.08. The topological polar surface area (TPSA) is 9.23 Å². The molecule has 0 bridgehead atoms. The van der Waals surface area contributed by atoms with E-state index in [0.717, 1.165) is 31.1 Å². The molecule has 0 N–H and O–H groups in total. The van der Waals surface area contributed by atoms with Gasteiger partial charge in [-0.2, -0.15) is 0 Å². The van der Waals surface area contributed by atoms with Crippen molar-refractivity contribution in [2.45, 2.75) is 83.1 Å². The molecule has 0 aliphatic heterocycles. The highest BCUT2D eigenvalue weighted by atomic mass is 19.4. The summed E-state index contributed by atoms with van der Waals surface area (Å²) in [6.07, 6.45) is -4.00. The van der Waals surface area contributed by atoms with Crippen LogP contribution in [0.25, 0.3) is 0 Å². The van der Waals surface area contributed by atoms with Crippen molar-refractivity contribution in [3.63, 3.8) is 0 Å². The van der Waals surface area contributed by atoms with E-state index < -0.39 is 24.8 Å². The van der Waals surface area contributed by atoms with Gasteiger partial charge in [-0.15, -0.1) is 13.2 Å². The third kappa shape index (κ3) is 4.23. The average Bonchev–Trinajstić information content (AvgIpc) is 2.49. The van der Waals surface area contributed by atoms with Gasteiger partial charge in [-0.05, 0) is 74.5 Å². The van der Waals surface area contributed by atoms with Crippen LogP contribution in [0, 0.1) is 29.6 Å². The molecule has 0 amide bonds. The summed E-state index contributed by atoms with van der Waals surface area (Å²) in [6.45, 7) is 2.28. The maximum Gasteiger partial charge on any atom is 0.522 e. The molecule has 140 valence electrons. The second-order valence-corrected chi connectivity index (χ2v) is 8.30. The maximum absolute atomic E-state index is 14.2. The molecule has 3 aliphatic carbocycles. The molecule has 6 heteroatoms. The Balaban J connectivity index is 1.57. The van der Waals surface area contributed by atoms with Crippen LogP contribution in [-0.2, 0) is 4.74 Å². The van der Waals surface area contributed by atoms with Crippen LogP contribution in [0.3, 0.4) is 0 Å². The van der Waals surface area contributed by atoms with E-state index in [1.165, 1.54) is 19.3 Å². The van der Waals surface area contributed by atoms with Crippen LogP contribution in [-0.4, -0.2) is 24.8 Å². The maximum atomic E-state index is 14.2. The van der Waals surface area contributed by atoms with E-state index in [4.69, 9.17) is 0 Å². The molecule has 3 rings (SSSR count). The van der Waals surface area contributed by atoms with Crippen LogP contribution < -0.4 is 0 Å². The summed E-state index contributed by atoms with van der Waals surface area (Å²) in [4.78, 5) is 0. The Morgan fingerprint density at radius 2 is 1.21 bits per heavy atom. The first-order chi connectivity index (χ1) is 11.2. The Labute approximate surface area is 140 Å². The third-order valence-electron chi connectivity index (χ3n) is 6.62. The molecule has 6 atom stereocenters. The van der Waals surface area contributed by atoms with Crippen molar-refractivity contribution in [3.05, 3.63) is 0 Å². The number of ether oxygens (including phenoxy) is 1. The van der Waals surface area contributed by atoms with E-state index >= 15 is 0 Å². The number of hydrogen-bond acceptors (Lipinski definition) is 1. The van der Waals surface area contributed by atoms with Crippen molar-refractivity contribution >= 4 is 0 Å². The zero-order valence-corrected chi connectivity index (χ0v) is 14.1. The highest BCUT2D eigenvalue weighted by Gasteiger charge is 2.48. The van der Waals surface area contributed by atoms with E-state index in [0.29, 0.717) is 5.92 Å². The van der Waals surface area contributed by atoms with E-state index in [1.54, 1.807) is 0 Å². The minimum Gasteiger partial charge on any atom is -0.282 e. The lowest BCUT2D eigenvalue weighted by Gasteiger charge is -2.45. The fourth-order valence-corrected chi connectivity index (χ4v) is 5.44. The van der Waals surface area contributed by atoms with Gasteiger partial charge in [0.2, 0.25) is 0 Å². The van der Waals surface area contributed by atoms with Gasteiger partial charge in [0, 0.05) is 0 Å². The Bertz CT molecular complexity index is 414. The standard InChI is InChI=1S/C18H27F5O/c1-10-2-3-12-7-13(5-4-11(12)6-10)14-8-15(19)17(16(20)9-14)24-18(21,22)23/h10-17H,2-9H2,1H3. The number of hydrogen-bond donors (Lipinski definition) is 0. The predicted molar refractivity (Wildman–Crippen MR) is 80.8 cm³/mol. The zero-order chi connectivity index (χ0) is 17.5. The molecule has 0 saturated heterocycles. The lowest BCUT2D eigenvalue weighted by Crippen LogP contribution is -2.47. The van der Waals surface area contributed by atoms with Crippen molar-refractivity contribution in [1.29, 1.82) is 0 Å². The van der Waals surface area contributed by atoms with Crippen molar-refractivity contribution in [2.75, 3.05) is 0 Å². The molecule has 3 saturated carbocycles. The van der Waals surface area contributed by atoms with Gasteiger partial charge in [0.1, 0.15) is 18.4 Å². The molecule has 3 aliphatic rings. The first-order valence-electron chi connectivity index (χ1n) is 9.25. The molecule has 0 aromatic rings. The van der Waals surface area contributed by atoms with Gasteiger partial charge in [0.25, 0.3) is 0 Å².